The van der Waals surface area contributed by atoms with Gasteiger partial charge in [0.15, 0.2) is 0 Å². The number of carbonyl (C=O) groups is 2. The van der Waals surface area contributed by atoms with E-state index >= 15 is 0 Å². The van der Waals surface area contributed by atoms with Gasteiger partial charge in [0.2, 0.25) is 0 Å². The van der Waals surface area contributed by atoms with Crippen molar-refractivity contribution in [2.24, 2.45) is 0 Å². The first kappa shape index (κ1) is 18.0. The highest BCUT2D eigenvalue weighted by Crippen LogP contribution is 2.22. The summed E-state index contributed by atoms with van der Waals surface area (Å²) in [6, 6.07) is 11.4. The average Bonchev–Trinajstić information content (AvgIpc) is 3.00. The van der Waals surface area contributed by atoms with Crippen molar-refractivity contribution >= 4 is 12.1 Å². The molecule has 22 heavy (non-hydrogen) atoms. The predicted octanol–water partition coefficient (Wildman–Crippen LogP) is 2.09. The Kier molecular flexibility index (Phi) is 7.99. The van der Waals surface area contributed by atoms with Crippen molar-refractivity contribution in [3.8, 4) is 0 Å². The normalized spacial score (nSPS) is 19.9. The first-order valence-corrected chi connectivity index (χ1v) is 7.18. The fraction of sp³-hybridized carbons (Fsp3) is 0.500. The number of hydrogen-bond acceptors (Lipinski definition) is 5. The molecule has 2 unspecified atom stereocenters. The Morgan fingerprint density at radius 1 is 1.05 bits per heavy atom. The van der Waals surface area contributed by atoms with Crippen LogP contribution in [-0.2, 0) is 19.0 Å². The molecular formula is C16H23NO5. The van der Waals surface area contributed by atoms with Gasteiger partial charge in [0.25, 0.3) is 0 Å². The van der Waals surface area contributed by atoms with Crippen LogP contribution >= 0.6 is 0 Å². The average molecular weight is 309 g/mol. The fourth-order valence-corrected chi connectivity index (χ4v) is 2.22. The zero-order valence-electron chi connectivity index (χ0n) is 13.2. The Hall–Kier alpha value is -2.08. The maximum atomic E-state index is 11.5. The first-order chi connectivity index (χ1) is 10.6. The van der Waals surface area contributed by atoms with E-state index in [1.807, 2.05) is 43.3 Å². The number of esters is 1. The summed E-state index contributed by atoms with van der Waals surface area (Å²) < 4.78 is 14.6. The smallest absolute Gasteiger partial charge is 0.410 e. The molecule has 1 aliphatic rings. The Bertz CT molecular complexity index is 400. The van der Waals surface area contributed by atoms with Crippen LogP contribution in [-0.4, -0.2) is 56.5 Å². The topological polar surface area (TPSA) is 65.1 Å². The van der Waals surface area contributed by atoms with Crippen LogP contribution in [0, 0.1) is 0 Å². The summed E-state index contributed by atoms with van der Waals surface area (Å²) in [7, 11) is 2.58. The lowest BCUT2D eigenvalue weighted by molar-refractivity contribution is -0.145. The van der Waals surface area contributed by atoms with E-state index in [0.29, 0.717) is 19.6 Å². The Balaban J connectivity index is 0.000000335. The molecule has 1 fully saturated rings. The predicted molar refractivity (Wildman–Crippen MR) is 81.4 cm³/mol. The van der Waals surface area contributed by atoms with E-state index < -0.39 is 18.1 Å². The number of likely N-dealkylation sites (tertiary alicyclic amines) is 1. The van der Waals surface area contributed by atoms with Gasteiger partial charge in [-0.05, 0) is 6.92 Å². The molecule has 0 saturated carbocycles. The van der Waals surface area contributed by atoms with Gasteiger partial charge in [0, 0.05) is 13.0 Å². The van der Waals surface area contributed by atoms with Gasteiger partial charge in [-0.3, -0.25) is 4.90 Å². The quantitative estimate of drug-likeness (QED) is 0.800. The highest BCUT2D eigenvalue weighted by atomic mass is 16.6. The lowest BCUT2D eigenvalue weighted by Crippen LogP contribution is -2.41. The van der Waals surface area contributed by atoms with Gasteiger partial charge >= 0.3 is 12.1 Å². The number of benzene rings is 1. The van der Waals surface area contributed by atoms with Gasteiger partial charge in [-0.25, -0.2) is 9.59 Å². The Morgan fingerprint density at radius 2 is 1.59 bits per heavy atom. The monoisotopic (exact) mass is 309 g/mol. The molecule has 0 aliphatic carbocycles. The summed E-state index contributed by atoms with van der Waals surface area (Å²) >= 11 is 0. The number of amides is 1. The maximum absolute atomic E-state index is 11.5. The van der Waals surface area contributed by atoms with Crippen LogP contribution in [0.25, 0.3) is 0 Å². The molecular weight excluding hydrogens is 286 g/mol. The lowest BCUT2D eigenvalue weighted by Gasteiger charge is -2.20. The summed E-state index contributed by atoms with van der Waals surface area (Å²) in [6.45, 7) is 2.78. The molecule has 0 radical (unpaired) electrons. The van der Waals surface area contributed by atoms with Crippen LogP contribution in [0.1, 0.15) is 13.3 Å². The highest BCUT2D eigenvalue weighted by molar-refractivity contribution is 5.82. The molecule has 1 heterocycles. The molecule has 2 rings (SSSR count). The second-order valence-electron chi connectivity index (χ2n) is 4.63. The summed E-state index contributed by atoms with van der Waals surface area (Å²) in [5, 5.41) is 0. The van der Waals surface area contributed by atoms with E-state index in [1.165, 1.54) is 19.1 Å². The van der Waals surface area contributed by atoms with Crippen LogP contribution < -0.4 is 0 Å². The van der Waals surface area contributed by atoms with Gasteiger partial charge in [-0.15, -0.1) is 0 Å². The molecule has 1 aliphatic heterocycles. The van der Waals surface area contributed by atoms with E-state index in [0.717, 1.165) is 0 Å². The third-order valence-electron chi connectivity index (χ3n) is 3.21. The highest BCUT2D eigenvalue weighted by Gasteiger charge is 2.41. The van der Waals surface area contributed by atoms with Gasteiger partial charge < -0.3 is 14.2 Å². The second-order valence-corrected chi connectivity index (χ2v) is 4.63. The standard InChI is InChI=1S/C10H17NO5.C6H6/c1-4-16-7-5-8(9(12)14-2)11(6-7)10(13)15-3;1-2-4-6-5-3-1/h7-8H,4-6H2,1-3H3;1-6H. The Labute approximate surface area is 131 Å². The molecule has 2 atom stereocenters. The van der Waals surface area contributed by atoms with Gasteiger partial charge in [0.05, 0.1) is 26.9 Å². The van der Waals surface area contributed by atoms with Crippen molar-refractivity contribution in [3.63, 3.8) is 0 Å². The number of rotatable bonds is 3. The molecule has 1 saturated heterocycles. The van der Waals surface area contributed by atoms with E-state index in [-0.39, 0.29) is 6.10 Å². The third-order valence-corrected chi connectivity index (χ3v) is 3.21. The largest absolute Gasteiger partial charge is 0.467 e. The van der Waals surface area contributed by atoms with Crippen molar-refractivity contribution in [1.29, 1.82) is 0 Å². The summed E-state index contributed by atoms with van der Waals surface area (Å²) in [4.78, 5) is 24.2. The van der Waals surface area contributed by atoms with Crippen molar-refractivity contribution in [2.75, 3.05) is 27.4 Å². The first-order valence-electron chi connectivity index (χ1n) is 7.18. The molecule has 1 aromatic carbocycles. The minimum atomic E-state index is -0.603. The molecule has 6 nitrogen and oxygen atoms in total. The molecule has 6 heteroatoms. The van der Waals surface area contributed by atoms with Gasteiger partial charge in [0.1, 0.15) is 6.04 Å². The van der Waals surface area contributed by atoms with Crippen LogP contribution in [0.15, 0.2) is 36.4 Å². The molecule has 0 N–H and O–H groups in total. The molecule has 0 aromatic heterocycles. The van der Waals surface area contributed by atoms with Crippen LogP contribution in [0.5, 0.6) is 0 Å². The minimum Gasteiger partial charge on any atom is -0.467 e. The van der Waals surface area contributed by atoms with Gasteiger partial charge in [-0.2, -0.15) is 0 Å². The number of carbonyl (C=O) groups excluding carboxylic acids is 2. The summed E-state index contributed by atoms with van der Waals surface area (Å²) in [5.74, 6) is -0.437. The van der Waals surface area contributed by atoms with E-state index in [4.69, 9.17) is 4.74 Å². The number of nitrogens with zero attached hydrogens (tertiary/aromatic N) is 1. The minimum absolute atomic E-state index is 0.131. The molecule has 0 bridgehead atoms. The maximum Gasteiger partial charge on any atom is 0.410 e. The lowest BCUT2D eigenvalue weighted by atomic mass is 10.2. The van der Waals surface area contributed by atoms with Crippen molar-refractivity contribution in [1.82, 2.24) is 4.90 Å². The molecule has 122 valence electrons. The fourth-order valence-electron chi connectivity index (χ4n) is 2.22. The summed E-state index contributed by atoms with van der Waals surface area (Å²) in [6.07, 6.45) is -0.207. The zero-order valence-corrected chi connectivity index (χ0v) is 13.2. The van der Waals surface area contributed by atoms with Crippen LogP contribution in [0.2, 0.25) is 0 Å². The molecule has 1 amide bonds. The second kappa shape index (κ2) is 9.78. The van der Waals surface area contributed by atoms with Crippen LogP contribution in [0.4, 0.5) is 4.79 Å². The van der Waals surface area contributed by atoms with Gasteiger partial charge in [-0.1, -0.05) is 36.4 Å². The zero-order chi connectivity index (χ0) is 16.4. The summed E-state index contributed by atoms with van der Waals surface area (Å²) in [5.41, 5.74) is 0. The van der Waals surface area contributed by atoms with Crippen molar-refractivity contribution in [3.05, 3.63) is 36.4 Å². The van der Waals surface area contributed by atoms with Crippen LogP contribution in [0.3, 0.4) is 0 Å². The van der Waals surface area contributed by atoms with Crippen molar-refractivity contribution < 1.29 is 23.8 Å². The third kappa shape index (κ3) is 5.37. The molecule has 0 spiro atoms. The SMILES string of the molecule is CCOC1CC(C(=O)OC)N(C(=O)OC)C1.c1ccccc1. The molecule has 1 aromatic rings. The Morgan fingerprint density at radius 3 is 2.00 bits per heavy atom. The van der Waals surface area contributed by atoms with E-state index in [1.54, 1.807) is 0 Å². The van der Waals surface area contributed by atoms with E-state index in [2.05, 4.69) is 9.47 Å². The number of methoxy groups -OCH3 is 2. The number of ether oxygens (including phenoxy) is 3. The van der Waals surface area contributed by atoms with E-state index in [9.17, 15) is 9.59 Å². The number of hydrogen-bond donors (Lipinski definition) is 0. The van der Waals surface area contributed by atoms with Crippen molar-refractivity contribution in [2.45, 2.75) is 25.5 Å².